The molecule has 0 aliphatic carbocycles. The molecule has 0 saturated carbocycles. The second-order valence-corrected chi connectivity index (χ2v) is 6.42. The number of fused-ring (bicyclic) bond motifs is 1. The Bertz CT molecular complexity index is 942. The lowest BCUT2D eigenvalue weighted by Crippen LogP contribution is -2.50. The largest absolute Gasteiger partial charge is 0.368 e. The number of amides is 1. The van der Waals surface area contributed by atoms with Crippen molar-refractivity contribution in [2.75, 3.05) is 42.9 Å². The topological polar surface area (TPSA) is 61.4 Å². The van der Waals surface area contributed by atoms with Crippen molar-refractivity contribution in [3.8, 4) is 0 Å². The van der Waals surface area contributed by atoms with Crippen molar-refractivity contribution in [1.29, 1.82) is 0 Å². The summed E-state index contributed by atoms with van der Waals surface area (Å²) in [4.78, 5) is 24.8. The van der Waals surface area contributed by atoms with Crippen molar-refractivity contribution in [1.82, 2.24) is 14.9 Å². The van der Waals surface area contributed by atoms with Gasteiger partial charge in [0.05, 0.1) is 6.54 Å². The summed E-state index contributed by atoms with van der Waals surface area (Å²) in [5.41, 5.74) is 1.43. The number of anilines is 2. The number of rotatable bonds is 4. The molecule has 0 spiro atoms. The number of piperazine rings is 1. The molecule has 3 aromatic rings. The highest BCUT2D eigenvalue weighted by molar-refractivity contribution is 5.91. The van der Waals surface area contributed by atoms with E-state index in [1.807, 2.05) is 23.1 Å². The van der Waals surface area contributed by atoms with Crippen LogP contribution in [0, 0.1) is 5.82 Å². The third-order valence-corrected chi connectivity index (χ3v) is 4.78. The molecule has 1 aliphatic heterocycles. The van der Waals surface area contributed by atoms with Gasteiger partial charge >= 0.3 is 0 Å². The number of nitrogens with zero attached hydrogens (tertiary/aromatic N) is 4. The Hall–Kier alpha value is -3.22. The molecule has 7 heteroatoms. The van der Waals surface area contributed by atoms with Crippen LogP contribution in [0.15, 0.2) is 54.9 Å². The summed E-state index contributed by atoms with van der Waals surface area (Å²) in [6.45, 7) is 3.08. The lowest BCUT2D eigenvalue weighted by atomic mass is 10.2. The van der Waals surface area contributed by atoms with Gasteiger partial charge in [-0.3, -0.25) is 4.79 Å². The maximum absolute atomic E-state index is 13.8. The van der Waals surface area contributed by atoms with Crippen LogP contribution in [0.25, 0.3) is 10.9 Å². The molecule has 0 atom stereocenters. The first-order valence-electron chi connectivity index (χ1n) is 8.93. The lowest BCUT2D eigenvalue weighted by Gasteiger charge is -2.36. The Morgan fingerprint density at radius 2 is 1.78 bits per heavy atom. The average molecular weight is 365 g/mol. The van der Waals surface area contributed by atoms with Crippen molar-refractivity contribution in [2.24, 2.45) is 0 Å². The Kier molecular flexibility index (Phi) is 4.82. The van der Waals surface area contributed by atoms with E-state index in [-0.39, 0.29) is 18.0 Å². The highest BCUT2D eigenvalue weighted by Crippen LogP contribution is 2.21. The zero-order valence-corrected chi connectivity index (χ0v) is 14.8. The van der Waals surface area contributed by atoms with Gasteiger partial charge < -0.3 is 15.1 Å². The SMILES string of the molecule is O=C(CNc1ncnc2c(F)cccc12)N1CCN(c2ccccc2)CC1. The molecule has 1 aromatic heterocycles. The summed E-state index contributed by atoms with van der Waals surface area (Å²) in [7, 11) is 0. The van der Waals surface area contributed by atoms with Gasteiger partial charge in [-0.05, 0) is 24.3 Å². The Balaban J connectivity index is 1.36. The monoisotopic (exact) mass is 365 g/mol. The van der Waals surface area contributed by atoms with Crippen LogP contribution in [-0.4, -0.2) is 53.5 Å². The zero-order chi connectivity index (χ0) is 18.6. The van der Waals surface area contributed by atoms with Gasteiger partial charge in [-0.2, -0.15) is 0 Å². The van der Waals surface area contributed by atoms with E-state index in [9.17, 15) is 9.18 Å². The standard InChI is InChI=1S/C20H20FN5O/c21-17-8-4-7-16-19(17)23-14-24-20(16)22-13-18(27)26-11-9-25(10-12-26)15-5-2-1-3-6-15/h1-8,14H,9-13H2,(H,22,23,24). The highest BCUT2D eigenvalue weighted by Gasteiger charge is 2.21. The van der Waals surface area contributed by atoms with Gasteiger partial charge in [0.2, 0.25) is 5.91 Å². The van der Waals surface area contributed by atoms with Gasteiger partial charge in [0.1, 0.15) is 23.5 Å². The first kappa shape index (κ1) is 17.2. The number of carbonyl (C=O) groups is 1. The van der Waals surface area contributed by atoms with Crippen molar-refractivity contribution in [2.45, 2.75) is 0 Å². The predicted molar refractivity (Wildman–Crippen MR) is 103 cm³/mol. The van der Waals surface area contributed by atoms with Crippen LogP contribution in [0.2, 0.25) is 0 Å². The molecular weight excluding hydrogens is 345 g/mol. The van der Waals surface area contributed by atoms with Gasteiger partial charge in [0, 0.05) is 37.3 Å². The number of halogens is 1. The van der Waals surface area contributed by atoms with E-state index < -0.39 is 5.82 Å². The van der Waals surface area contributed by atoms with E-state index in [0.29, 0.717) is 24.3 Å². The number of nitrogens with one attached hydrogen (secondary N) is 1. The second kappa shape index (κ2) is 7.57. The van der Waals surface area contributed by atoms with Crippen LogP contribution in [-0.2, 0) is 4.79 Å². The van der Waals surface area contributed by atoms with Crippen molar-refractivity contribution >= 4 is 28.3 Å². The van der Waals surface area contributed by atoms with E-state index >= 15 is 0 Å². The van der Waals surface area contributed by atoms with Gasteiger partial charge in [0.25, 0.3) is 0 Å². The molecule has 138 valence electrons. The molecule has 1 N–H and O–H groups in total. The van der Waals surface area contributed by atoms with Gasteiger partial charge in [0.15, 0.2) is 0 Å². The fourth-order valence-corrected chi connectivity index (χ4v) is 3.32. The minimum absolute atomic E-state index is 0.00544. The molecule has 1 fully saturated rings. The Morgan fingerprint density at radius 3 is 2.56 bits per heavy atom. The van der Waals surface area contributed by atoms with E-state index in [0.717, 1.165) is 13.1 Å². The molecule has 0 bridgehead atoms. The molecule has 2 heterocycles. The quantitative estimate of drug-likeness (QED) is 0.770. The Labute approximate surface area is 156 Å². The molecule has 6 nitrogen and oxygen atoms in total. The maximum atomic E-state index is 13.8. The third kappa shape index (κ3) is 3.67. The molecule has 4 rings (SSSR count). The van der Waals surface area contributed by atoms with E-state index in [4.69, 9.17) is 0 Å². The molecular formula is C20H20FN5O. The highest BCUT2D eigenvalue weighted by atomic mass is 19.1. The Morgan fingerprint density at radius 1 is 1.00 bits per heavy atom. The molecule has 1 amide bonds. The minimum Gasteiger partial charge on any atom is -0.368 e. The third-order valence-electron chi connectivity index (χ3n) is 4.78. The summed E-state index contributed by atoms with van der Waals surface area (Å²) in [6.07, 6.45) is 1.30. The minimum atomic E-state index is -0.402. The first-order chi connectivity index (χ1) is 13.2. The molecule has 0 unspecified atom stereocenters. The normalized spacial score (nSPS) is 14.4. The zero-order valence-electron chi connectivity index (χ0n) is 14.8. The van der Waals surface area contributed by atoms with E-state index in [1.54, 1.807) is 12.1 Å². The van der Waals surface area contributed by atoms with Crippen LogP contribution in [0.5, 0.6) is 0 Å². The van der Waals surface area contributed by atoms with Crippen LogP contribution in [0.1, 0.15) is 0 Å². The number of carbonyl (C=O) groups excluding carboxylic acids is 1. The van der Waals surface area contributed by atoms with Crippen LogP contribution in [0.3, 0.4) is 0 Å². The van der Waals surface area contributed by atoms with Gasteiger partial charge in [-0.15, -0.1) is 0 Å². The fraction of sp³-hybridized carbons (Fsp3) is 0.250. The number of benzene rings is 2. The van der Waals surface area contributed by atoms with E-state index in [1.165, 1.54) is 18.1 Å². The fourth-order valence-electron chi connectivity index (χ4n) is 3.32. The van der Waals surface area contributed by atoms with Crippen molar-refractivity contribution in [3.05, 3.63) is 60.7 Å². The summed E-state index contributed by atoms with van der Waals surface area (Å²) in [6, 6.07) is 14.9. The van der Waals surface area contributed by atoms with Crippen molar-refractivity contribution in [3.63, 3.8) is 0 Å². The summed E-state index contributed by atoms with van der Waals surface area (Å²) < 4.78 is 13.8. The smallest absolute Gasteiger partial charge is 0.242 e. The first-order valence-corrected chi connectivity index (χ1v) is 8.93. The van der Waals surface area contributed by atoms with Gasteiger partial charge in [-0.25, -0.2) is 14.4 Å². The predicted octanol–water partition coefficient (Wildman–Crippen LogP) is 2.53. The summed E-state index contributed by atoms with van der Waals surface area (Å²) in [5, 5.41) is 3.60. The number of aromatic nitrogens is 2. The molecule has 0 radical (unpaired) electrons. The number of hydrogen-bond acceptors (Lipinski definition) is 5. The van der Waals surface area contributed by atoms with Crippen LogP contribution in [0.4, 0.5) is 15.9 Å². The molecule has 2 aromatic carbocycles. The molecule has 1 aliphatic rings. The number of para-hydroxylation sites is 2. The maximum Gasteiger partial charge on any atom is 0.242 e. The average Bonchev–Trinajstić information content (AvgIpc) is 2.73. The van der Waals surface area contributed by atoms with Crippen molar-refractivity contribution < 1.29 is 9.18 Å². The number of hydrogen-bond donors (Lipinski definition) is 1. The summed E-state index contributed by atoms with van der Waals surface area (Å²) >= 11 is 0. The summed E-state index contributed by atoms with van der Waals surface area (Å²) in [5.74, 6) is 0.0722. The second-order valence-electron chi connectivity index (χ2n) is 6.42. The van der Waals surface area contributed by atoms with Gasteiger partial charge in [-0.1, -0.05) is 24.3 Å². The van der Waals surface area contributed by atoms with E-state index in [2.05, 4.69) is 32.3 Å². The van der Waals surface area contributed by atoms with Crippen LogP contribution >= 0.6 is 0 Å². The van der Waals surface area contributed by atoms with Crippen LogP contribution < -0.4 is 10.2 Å². The molecule has 1 saturated heterocycles. The molecule has 27 heavy (non-hydrogen) atoms. The lowest BCUT2D eigenvalue weighted by molar-refractivity contribution is -0.129.